The van der Waals surface area contributed by atoms with Crippen LogP contribution in [0.3, 0.4) is 0 Å². The predicted octanol–water partition coefficient (Wildman–Crippen LogP) is 0.0462. The standard InChI is InChI=1S/C9H18N2O3S/c1-3-6(2)11-8(12)5-15-4-7(10)9(13)14/h6-7H,3-5,10H2,1-2H3,(H,11,12)(H,13,14)/t6?,7-/m0/s1. The molecule has 0 saturated carbocycles. The van der Waals surface area contributed by atoms with Gasteiger partial charge in [0, 0.05) is 11.8 Å². The van der Waals surface area contributed by atoms with Gasteiger partial charge in [0.05, 0.1) is 5.75 Å². The summed E-state index contributed by atoms with van der Waals surface area (Å²) in [6, 6.07) is -0.738. The molecule has 6 heteroatoms. The summed E-state index contributed by atoms with van der Waals surface area (Å²) in [6.45, 7) is 3.91. The molecule has 0 aromatic heterocycles. The molecule has 0 aliphatic carbocycles. The van der Waals surface area contributed by atoms with Crippen molar-refractivity contribution in [1.29, 1.82) is 0 Å². The van der Waals surface area contributed by atoms with Crippen LogP contribution in [0.15, 0.2) is 0 Å². The Bertz CT molecular complexity index is 223. The summed E-state index contributed by atoms with van der Waals surface area (Å²) in [7, 11) is 0. The Balaban J connectivity index is 3.59. The van der Waals surface area contributed by atoms with Crippen LogP contribution in [0.5, 0.6) is 0 Å². The number of nitrogens with one attached hydrogen (secondary N) is 1. The first-order valence-corrected chi connectivity index (χ1v) is 5.98. The molecule has 0 aliphatic rings. The highest BCUT2D eigenvalue weighted by molar-refractivity contribution is 8.00. The molecule has 0 saturated heterocycles. The van der Waals surface area contributed by atoms with Crippen LogP contribution in [0.4, 0.5) is 0 Å². The summed E-state index contributed by atoms with van der Waals surface area (Å²) in [5.41, 5.74) is 5.28. The van der Waals surface area contributed by atoms with E-state index in [1.165, 1.54) is 11.8 Å². The number of carboxylic acid groups (broad SMARTS) is 1. The van der Waals surface area contributed by atoms with Crippen molar-refractivity contribution in [3.05, 3.63) is 0 Å². The van der Waals surface area contributed by atoms with Crippen molar-refractivity contribution < 1.29 is 14.7 Å². The molecule has 0 heterocycles. The monoisotopic (exact) mass is 234 g/mol. The fourth-order valence-electron chi connectivity index (χ4n) is 0.768. The molecule has 1 unspecified atom stereocenters. The minimum Gasteiger partial charge on any atom is -0.480 e. The van der Waals surface area contributed by atoms with Crippen LogP contribution >= 0.6 is 11.8 Å². The Morgan fingerprint density at radius 3 is 2.60 bits per heavy atom. The Labute approximate surface area is 93.8 Å². The maximum Gasteiger partial charge on any atom is 0.321 e. The maximum atomic E-state index is 11.2. The van der Waals surface area contributed by atoms with Crippen LogP contribution in [0.2, 0.25) is 0 Å². The quantitative estimate of drug-likeness (QED) is 0.578. The van der Waals surface area contributed by atoms with Crippen LogP contribution in [-0.2, 0) is 9.59 Å². The highest BCUT2D eigenvalue weighted by Crippen LogP contribution is 2.02. The number of hydrogen-bond donors (Lipinski definition) is 3. The van der Waals surface area contributed by atoms with E-state index in [1.54, 1.807) is 0 Å². The van der Waals surface area contributed by atoms with E-state index in [0.717, 1.165) is 6.42 Å². The van der Waals surface area contributed by atoms with Gasteiger partial charge in [-0.3, -0.25) is 9.59 Å². The van der Waals surface area contributed by atoms with Crippen molar-refractivity contribution in [1.82, 2.24) is 5.32 Å². The molecule has 0 fully saturated rings. The van der Waals surface area contributed by atoms with Crippen LogP contribution in [0, 0.1) is 0 Å². The molecule has 88 valence electrons. The van der Waals surface area contributed by atoms with Crippen molar-refractivity contribution in [2.45, 2.75) is 32.4 Å². The lowest BCUT2D eigenvalue weighted by atomic mass is 10.3. The van der Waals surface area contributed by atoms with E-state index in [2.05, 4.69) is 5.32 Å². The maximum absolute atomic E-state index is 11.2. The van der Waals surface area contributed by atoms with Gasteiger partial charge in [-0.2, -0.15) is 0 Å². The number of carbonyl (C=O) groups excluding carboxylic acids is 1. The lowest BCUT2D eigenvalue weighted by molar-refractivity contribution is -0.138. The van der Waals surface area contributed by atoms with Crippen LogP contribution < -0.4 is 11.1 Å². The molecule has 2 atom stereocenters. The third kappa shape index (κ3) is 7.21. The van der Waals surface area contributed by atoms with Gasteiger partial charge in [0.15, 0.2) is 0 Å². The van der Waals surface area contributed by atoms with Crippen molar-refractivity contribution in [3.8, 4) is 0 Å². The number of thioether (sulfide) groups is 1. The smallest absolute Gasteiger partial charge is 0.321 e. The fourth-order valence-corrected chi connectivity index (χ4v) is 1.55. The van der Waals surface area contributed by atoms with E-state index in [0.29, 0.717) is 0 Å². The molecule has 4 N–H and O–H groups in total. The van der Waals surface area contributed by atoms with E-state index < -0.39 is 12.0 Å². The summed E-state index contributed by atoms with van der Waals surface area (Å²) in [6.07, 6.45) is 0.880. The minimum atomic E-state index is -1.04. The Hall–Kier alpha value is -0.750. The first-order chi connectivity index (χ1) is 6.97. The first-order valence-electron chi connectivity index (χ1n) is 4.82. The number of carbonyl (C=O) groups is 2. The number of aliphatic carboxylic acids is 1. The first kappa shape index (κ1) is 14.2. The zero-order valence-electron chi connectivity index (χ0n) is 9.03. The number of amides is 1. The second kappa shape index (κ2) is 7.53. The van der Waals surface area contributed by atoms with Crippen molar-refractivity contribution in [2.24, 2.45) is 5.73 Å². The minimum absolute atomic E-state index is 0.0769. The Kier molecular flexibility index (Phi) is 7.15. The molecule has 1 amide bonds. The van der Waals surface area contributed by atoms with Gasteiger partial charge in [-0.1, -0.05) is 6.92 Å². The van der Waals surface area contributed by atoms with E-state index >= 15 is 0 Å². The third-order valence-electron chi connectivity index (χ3n) is 1.87. The lowest BCUT2D eigenvalue weighted by Crippen LogP contribution is -2.35. The van der Waals surface area contributed by atoms with Gasteiger partial charge in [-0.15, -0.1) is 11.8 Å². The summed E-state index contributed by atoms with van der Waals surface area (Å²) < 4.78 is 0. The molecule has 0 spiro atoms. The number of carboxylic acids is 1. The van der Waals surface area contributed by atoms with Crippen molar-refractivity contribution in [2.75, 3.05) is 11.5 Å². The van der Waals surface area contributed by atoms with Gasteiger partial charge in [0.1, 0.15) is 6.04 Å². The average Bonchev–Trinajstić information content (AvgIpc) is 2.17. The van der Waals surface area contributed by atoms with Gasteiger partial charge in [0.25, 0.3) is 0 Å². The molecule has 0 aromatic rings. The van der Waals surface area contributed by atoms with Gasteiger partial charge < -0.3 is 16.2 Å². The Morgan fingerprint density at radius 1 is 1.53 bits per heavy atom. The van der Waals surface area contributed by atoms with Crippen molar-refractivity contribution in [3.63, 3.8) is 0 Å². The largest absolute Gasteiger partial charge is 0.480 e. The molecule has 5 nitrogen and oxygen atoms in total. The van der Waals surface area contributed by atoms with Crippen molar-refractivity contribution >= 4 is 23.6 Å². The number of nitrogens with two attached hydrogens (primary N) is 1. The molecular weight excluding hydrogens is 216 g/mol. The summed E-state index contributed by atoms with van der Waals surface area (Å²) in [4.78, 5) is 21.6. The second-order valence-corrected chi connectivity index (χ2v) is 4.37. The highest BCUT2D eigenvalue weighted by atomic mass is 32.2. The normalized spacial score (nSPS) is 14.3. The third-order valence-corrected chi connectivity index (χ3v) is 2.93. The van der Waals surface area contributed by atoms with Crippen LogP contribution in [0.25, 0.3) is 0 Å². The van der Waals surface area contributed by atoms with E-state index in [-0.39, 0.29) is 23.5 Å². The second-order valence-electron chi connectivity index (χ2n) is 3.34. The topological polar surface area (TPSA) is 92.4 Å². The highest BCUT2D eigenvalue weighted by Gasteiger charge is 2.12. The Morgan fingerprint density at radius 2 is 2.13 bits per heavy atom. The summed E-state index contributed by atoms with van der Waals surface area (Å²) in [5, 5.41) is 11.3. The lowest BCUT2D eigenvalue weighted by Gasteiger charge is -2.11. The molecule has 15 heavy (non-hydrogen) atoms. The zero-order valence-corrected chi connectivity index (χ0v) is 9.84. The molecule has 0 bridgehead atoms. The summed E-state index contributed by atoms with van der Waals surface area (Å²) in [5.74, 6) is -0.606. The van der Waals surface area contributed by atoms with E-state index in [9.17, 15) is 9.59 Å². The molecule has 0 rings (SSSR count). The van der Waals surface area contributed by atoms with Crippen LogP contribution in [0.1, 0.15) is 20.3 Å². The fraction of sp³-hybridized carbons (Fsp3) is 0.778. The summed E-state index contributed by atoms with van der Waals surface area (Å²) >= 11 is 1.23. The number of hydrogen-bond acceptors (Lipinski definition) is 4. The van der Waals surface area contributed by atoms with Gasteiger partial charge in [0.2, 0.25) is 5.91 Å². The van der Waals surface area contributed by atoms with Gasteiger partial charge in [-0.25, -0.2) is 0 Å². The molecule has 0 aromatic carbocycles. The van der Waals surface area contributed by atoms with Crippen LogP contribution in [-0.4, -0.2) is 40.6 Å². The average molecular weight is 234 g/mol. The SMILES string of the molecule is CCC(C)NC(=O)CSC[C@H](N)C(=O)O. The van der Waals surface area contributed by atoms with E-state index in [4.69, 9.17) is 10.8 Å². The zero-order chi connectivity index (χ0) is 11.8. The van der Waals surface area contributed by atoms with Gasteiger partial charge in [-0.05, 0) is 13.3 Å². The van der Waals surface area contributed by atoms with E-state index in [1.807, 2.05) is 13.8 Å². The number of rotatable bonds is 7. The molecule has 0 aliphatic heterocycles. The predicted molar refractivity (Wildman–Crippen MR) is 60.8 cm³/mol. The molecule has 0 radical (unpaired) electrons. The molecular formula is C9H18N2O3S. The van der Waals surface area contributed by atoms with Gasteiger partial charge >= 0.3 is 5.97 Å².